The zero-order valence-electron chi connectivity index (χ0n) is 9.34. The highest BCUT2D eigenvalue weighted by Gasteiger charge is 2.14. The van der Waals surface area contributed by atoms with Crippen molar-refractivity contribution in [3.63, 3.8) is 0 Å². The lowest BCUT2D eigenvalue weighted by atomic mass is 10.3. The van der Waals surface area contributed by atoms with Crippen LogP contribution in [0.25, 0.3) is 0 Å². The minimum Gasteiger partial charge on any atom is -0.481 e. The van der Waals surface area contributed by atoms with Crippen molar-refractivity contribution >= 4 is 16.0 Å². The lowest BCUT2D eigenvalue weighted by Gasteiger charge is -2.03. The second kappa shape index (κ2) is 5.78. The van der Waals surface area contributed by atoms with Crippen molar-refractivity contribution in [1.82, 2.24) is 9.88 Å². The number of aliphatic carboxylic acids is 1. The molecule has 0 radical (unpaired) electrons. The molecular formula is C9H14N2O5S. The number of carbonyl (C=O) groups is 1. The van der Waals surface area contributed by atoms with E-state index < -0.39 is 16.0 Å². The number of nitrogens with one attached hydrogen (secondary N) is 1. The van der Waals surface area contributed by atoms with Gasteiger partial charge >= 0.3 is 5.97 Å². The van der Waals surface area contributed by atoms with Crippen LogP contribution in [0.1, 0.15) is 24.3 Å². The quantitative estimate of drug-likeness (QED) is 0.682. The molecule has 0 unspecified atom stereocenters. The molecule has 0 atom stereocenters. The minimum atomic E-state index is -3.50. The Morgan fingerprint density at radius 2 is 2.29 bits per heavy atom. The lowest BCUT2D eigenvalue weighted by molar-refractivity contribution is -0.137. The van der Waals surface area contributed by atoms with Crippen molar-refractivity contribution in [2.75, 3.05) is 6.54 Å². The molecule has 0 amide bonds. The van der Waals surface area contributed by atoms with Gasteiger partial charge in [-0.25, -0.2) is 13.1 Å². The Hall–Kier alpha value is -1.41. The van der Waals surface area contributed by atoms with Gasteiger partial charge in [0.05, 0.1) is 5.69 Å². The van der Waals surface area contributed by atoms with Crippen LogP contribution in [0.3, 0.4) is 0 Å². The first-order valence-corrected chi connectivity index (χ1v) is 6.65. The maximum atomic E-state index is 11.5. The Labute approximate surface area is 98.9 Å². The van der Waals surface area contributed by atoms with Gasteiger partial charge in [0.2, 0.25) is 10.0 Å². The Morgan fingerprint density at radius 1 is 1.59 bits per heavy atom. The zero-order valence-corrected chi connectivity index (χ0v) is 10.2. The fourth-order valence-corrected chi connectivity index (χ4v) is 2.26. The number of carboxylic acids is 1. The predicted molar refractivity (Wildman–Crippen MR) is 58.7 cm³/mol. The SMILES string of the molecule is Cc1cc(CS(=O)(=O)NCCCC(=O)O)on1. The summed E-state index contributed by atoms with van der Waals surface area (Å²) in [4.78, 5) is 10.2. The van der Waals surface area contributed by atoms with E-state index in [9.17, 15) is 13.2 Å². The molecule has 1 aromatic rings. The average molecular weight is 262 g/mol. The second-order valence-corrected chi connectivity index (χ2v) is 5.39. The van der Waals surface area contributed by atoms with Gasteiger partial charge < -0.3 is 9.63 Å². The Balaban J connectivity index is 2.39. The van der Waals surface area contributed by atoms with E-state index in [2.05, 4.69) is 9.88 Å². The van der Waals surface area contributed by atoms with Gasteiger partial charge in [0.1, 0.15) is 5.75 Å². The smallest absolute Gasteiger partial charge is 0.303 e. The van der Waals surface area contributed by atoms with Crippen LogP contribution < -0.4 is 4.72 Å². The molecule has 2 N–H and O–H groups in total. The van der Waals surface area contributed by atoms with Crippen molar-refractivity contribution in [2.45, 2.75) is 25.5 Å². The molecule has 7 nitrogen and oxygen atoms in total. The largest absolute Gasteiger partial charge is 0.481 e. The van der Waals surface area contributed by atoms with Gasteiger partial charge in [-0.15, -0.1) is 0 Å². The Bertz CT molecular complexity index is 479. The fourth-order valence-electron chi connectivity index (χ4n) is 1.19. The van der Waals surface area contributed by atoms with E-state index in [4.69, 9.17) is 9.63 Å². The molecule has 0 fully saturated rings. The molecular weight excluding hydrogens is 248 g/mol. The summed E-state index contributed by atoms with van der Waals surface area (Å²) in [5.74, 6) is -0.982. The van der Waals surface area contributed by atoms with Gasteiger partial charge in [-0.3, -0.25) is 4.79 Å². The summed E-state index contributed by atoms with van der Waals surface area (Å²) in [7, 11) is -3.50. The summed E-state index contributed by atoms with van der Waals surface area (Å²) in [6.45, 7) is 1.79. The van der Waals surface area contributed by atoms with E-state index in [0.29, 0.717) is 5.69 Å². The van der Waals surface area contributed by atoms with Crippen molar-refractivity contribution in [2.24, 2.45) is 0 Å². The summed E-state index contributed by atoms with van der Waals surface area (Å²) in [5.41, 5.74) is 0.612. The Morgan fingerprint density at radius 3 is 2.82 bits per heavy atom. The molecule has 0 saturated heterocycles. The molecule has 1 rings (SSSR count). The summed E-state index contributed by atoms with van der Waals surface area (Å²) in [6.07, 6.45) is 0.188. The van der Waals surface area contributed by atoms with Crippen molar-refractivity contribution in [3.8, 4) is 0 Å². The number of carboxylic acid groups (broad SMARTS) is 1. The van der Waals surface area contributed by atoms with Gasteiger partial charge in [-0.05, 0) is 13.3 Å². The molecule has 0 saturated carbocycles. The van der Waals surface area contributed by atoms with Crippen molar-refractivity contribution in [1.29, 1.82) is 0 Å². The van der Waals surface area contributed by atoms with Gasteiger partial charge in [0, 0.05) is 19.0 Å². The molecule has 0 bridgehead atoms. The van der Waals surface area contributed by atoms with Gasteiger partial charge in [0.25, 0.3) is 0 Å². The summed E-state index contributed by atoms with van der Waals surface area (Å²) in [5, 5.41) is 12.0. The molecule has 17 heavy (non-hydrogen) atoms. The third kappa shape index (κ3) is 5.45. The molecule has 0 aromatic carbocycles. The first-order valence-electron chi connectivity index (χ1n) is 5.00. The first kappa shape index (κ1) is 13.7. The van der Waals surface area contributed by atoms with E-state index >= 15 is 0 Å². The molecule has 96 valence electrons. The standard InChI is InChI=1S/C9H14N2O5S/c1-7-5-8(16-11-7)6-17(14,15)10-4-2-3-9(12)13/h5,10H,2-4,6H2,1H3,(H,12,13). The van der Waals surface area contributed by atoms with Crippen LogP contribution in [0.4, 0.5) is 0 Å². The number of hydrogen-bond acceptors (Lipinski definition) is 5. The van der Waals surface area contributed by atoms with Crippen LogP contribution >= 0.6 is 0 Å². The van der Waals surface area contributed by atoms with E-state index in [0.717, 1.165) is 0 Å². The van der Waals surface area contributed by atoms with E-state index in [1.54, 1.807) is 6.92 Å². The molecule has 8 heteroatoms. The molecule has 1 aromatic heterocycles. The number of sulfonamides is 1. The summed E-state index contributed by atoms with van der Waals surface area (Å²) in [6, 6.07) is 1.54. The molecule has 0 spiro atoms. The number of nitrogens with zero attached hydrogens (tertiary/aromatic N) is 1. The summed E-state index contributed by atoms with van der Waals surface area (Å²) >= 11 is 0. The van der Waals surface area contributed by atoms with Crippen LogP contribution in [-0.4, -0.2) is 31.2 Å². The molecule has 1 heterocycles. The maximum absolute atomic E-state index is 11.5. The van der Waals surface area contributed by atoms with Crippen LogP contribution in [0, 0.1) is 6.92 Å². The van der Waals surface area contributed by atoms with Crippen molar-refractivity contribution in [3.05, 3.63) is 17.5 Å². The van der Waals surface area contributed by atoms with Gasteiger partial charge in [-0.2, -0.15) is 0 Å². The highest BCUT2D eigenvalue weighted by atomic mass is 32.2. The minimum absolute atomic E-state index is 0.0655. The molecule has 0 aliphatic heterocycles. The topological polar surface area (TPSA) is 110 Å². The van der Waals surface area contributed by atoms with Crippen molar-refractivity contribution < 1.29 is 22.8 Å². The highest BCUT2D eigenvalue weighted by molar-refractivity contribution is 7.88. The summed E-state index contributed by atoms with van der Waals surface area (Å²) < 4.78 is 30.1. The maximum Gasteiger partial charge on any atom is 0.303 e. The number of hydrogen-bond donors (Lipinski definition) is 2. The Kier molecular flexibility index (Phi) is 4.64. The predicted octanol–water partition coefficient (Wildman–Crippen LogP) is 0.267. The van der Waals surface area contributed by atoms with E-state index in [-0.39, 0.29) is 30.9 Å². The highest BCUT2D eigenvalue weighted by Crippen LogP contribution is 2.06. The van der Waals surface area contributed by atoms with Crippen LogP contribution in [0.2, 0.25) is 0 Å². The van der Waals surface area contributed by atoms with Gasteiger partial charge in [-0.1, -0.05) is 5.16 Å². The van der Waals surface area contributed by atoms with E-state index in [1.807, 2.05) is 0 Å². The monoisotopic (exact) mass is 262 g/mol. The number of aryl methyl sites for hydroxylation is 1. The normalized spacial score (nSPS) is 11.6. The van der Waals surface area contributed by atoms with Crippen LogP contribution in [-0.2, 0) is 20.6 Å². The zero-order chi connectivity index (χ0) is 12.9. The lowest BCUT2D eigenvalue weighted by Crippen LogP contribution is -2.26. The third-order valence-electron chi connectivity index (χ3n) is 1.90. The third-order valence-corrected chi connectivity index (χ3v) is 3.21. The fraction of sp³-hybridized carbons (Fsp3) is 0.556. The van der Waals surface area contributed by atoms with Crippen LogP contribution in [0.5, 0.6) is 0 Å². The molecule has 0 aliphatic carbocycles. The number of rotatable bonds is 7. The second-order valence-electron chi connectivity index (χ2n) is 3.59. The van der Waals surface area contributed by atoms with E-state index in [1.165, 1.54) is 6.07 Å². The van der Waals surface area contributed by atoms with Crippen LogP contribution in [0.15, 0.2) is 10.6 Å². The first-order chi connectivity index (χ1) is 7.89. The van der Waals surface area contributed by atoms with Gasteiger partial charge in [0.15, 0.2) is 5.76 Å². The molecule has 0 aliphatic rings. The number of aromatic nitrogens is 1. The average Bonchev–Trinajstić information content (AvgIpc) is 2.57.